The van der Waals surface area contributed by atoms with Gasteiger partial charge in [0.1, 0.15) is 5.75 Å². The van der Waals surface area contributed by atoms with Crippen molar-refractivity contribution in [1.82, 2.24) is 0 Å². The average molecular weight is 289 g/mol. The lowest BCUT2D eigenvalue weighted by Crippen LogP contribution is -2.18. The van der Waals surface area contributed by atoms with E-state index >= 15 is 0 Å². The zero-order chi connectivity index (χ0) is 10.8. The van der Waals surface area contributed by atoms with Crippen LogP contribution in [0, 0.1) is 0 Å². The van der Waals surface area contributed by atoms with Gasteiger partial charge in [0.15, 0.2) is 0 Å². The molecular weight excluding hydrogens is 284 g/mol. The van der Waals surface area contributed by atoms with Crippen molar-refractivity contribution in [3.05, 3.63) is 28.8 Å². The summed E-state index contributed by atoms with van der Waals surface area (Å²) in [6.45, 7) is 0. The molecule has 78 valence electrons. The lowest BCUT2D eigenvalue weighted by molar-refractivity contribution is -0.274. The number of ether oxygens (including phenoxy) is 1. The van der Waals surface area contributed by atoms with Crippen molar-refractivity contribution in [3.63, 3.8) is 0 Å². The highest BCUT2D eigenvalue weighted by Gasteiger charge is 2.32. The van der Waals surface area contributed by atoms with Crippen molar-refractivity contribution in [2.75, 3.05) is 0 Å². The molecule has 6 heteroatoms. The van der Waals surface area contributed by atoms with E-state index < -0.39 is 6.36 Å². The van der Waals surface area contributed by atoms with E-state index in [1.807, 2.05) is 0 Å². The Morgan fingerprint density at radius 2 is 2.00 bits per heavy atom. The molecule has 1 nitrogen and oxygen atoms in total. The molecule has 0 aliphatic carbocycles. The van der Waals surface area contributed by atoms with E-state index in [2.05, 4.69) is 20.7 Å². The first-order valence-electron chi connectivity index (χ1n) is 3.53. The summed E-state index contributed by atoms with van der Waals surface area (Å²) in [7, 11) is 0. The van der Waals surface area contributed by atoms with E-state index in [9.17, 15) is 13.2 Å². The molecule has 0 aromatic heterocycles. The molecule has 0 fully saturated rings. The quantitative estimate of drug-likeness (QED) is 0.744. The van der Waals surface area contributed by atoms with E-state index in [0.29, 0.717) is 0 Å². The Bertz CT molecular complexity index is 327. The average Bonchev–Trinajstić information content (AvgIpc) is 2.01. The fourth-order valence-corrected chi connectivity index (χ4v) is 1.86. The lowest BCUT2D eigenvalue weighted by atomic mass is 10.2. The summed E-state index contributed by atoms with van der Waals surface area (Å²) in [5.74, 6) is -0.276. The van der Waals surface area contributed by atoms with E-state index in [0.717, 1.165) is 0 Å². The number of hydrogen-bond acceptors (Lipinski definition) is 1. The molecule has 0 saturated heterocycles. The van der Waals surface area contributed by atoms with Crippen LogP contribution in [-0.4, -0.2) is 6.36 Å². The van der Waals surface area contributed by atoms with Gasteiger partial charge in [-0.15, -0.1) is 13.2 Å². The number of hydrogen-bond donors (Lipinski definition) is 0. The first-order valence-corrected chi connectivity index (χ1v) is 5.03. The van der Waals surface area contributed by atoms with Gasteiger partial charge in [-0.3, -0.25) is 0 Å². The van der Waals surface area contributed by atoms with Gasteiger partial charge in [0.05, 0.1) is 0 Å². The number of rotatable bonds is 2. The van der Waals surface area contributed by atoms with E-state index in [1.165, 1.54) is 18.2 Å². The molecule has 0 N–H and O–H groups in total. The van der Waals surface area contributed by atoms with Crippen molar-refractivity contribution in [1.29, 1.82) is 0 Å². The molecule has 0 saturated carbocycles. The van der Waals surface area contributed by atoms with Crippen LogP contribution < -0.4 is 4.74 Å². The largest absolute Gasteiger partial charge is 0.573 e. The number of alkyl halides is 4. The van der Waals surface area contributed by atoms with Crippen LogP contribution in [0.5, 0.6) is 5.75 Å². The van der Waals surface area contributed by atoms with Crippen LogP contribution >= 0.6 is 27.5 Å². The second-order valence-corrected chi connectivity index (χ2v) is 3.37. The minimum atomic E-state index is -4.69. The van der Waals surface area contributed by atoms with Gasteiger partial charge in [-0.25, -0.2) is 0 Å². The van der Waals surface area contributed by atoms with Crippen molar-refractivity contribution >= 4 is 27.5 Å². The third-order valence-electron chi connectivity index (χ3n) is 1.44. The molecule has 0 heterocycles. The smallest absolute Gasteiger partial charge is 0.405 e. The van der Waals surface area contributed by atoms with Gasteiger partial charge in [0, 0.05) is 15.9 Å². The van der Waals surface area contributed by atoms with Gasteiger partial charge in [-0.05, 0) is 12.1 Å². The molecular formula is C8H5BrClF3O. The summed E-state index contributed by atoms with van der Waals surface area (Å²) in [6.07, 6.45) is -4.69. The van der Waals surface area contributed by atoms with Crippen molar-refractivity contribution in [3.8, 4) is 5.75 Å². The SMILES string of the molecule is FC(F)(F)Oc1cccc(Cl)c1CBr. The summed E-state index contributed by atoms with van der Waals surface area (Å²) >= 11 is 8.72. The maximum Gasteiger partial charge on any atom is 0.573 e. The van der Waals surface area contributed by atoms with Crippen LogP contribution in [0.15, 0.2) is 18.2 Å². The molecule has 14 heavy (non-hydrogen) atoms. The maximum absolute atomic E-state index is 11.9. The first-order chi connectivity index (χ1) is 6.44. The highest BCUT2D eigenvalue weighted by atomic mass is 79.9. The molecule has 0 bridgehead atoms. The van der Waals surface area contributed by atoms with Gasteiger partial charge in [-0.2, -0.15) is 0 Å². The Morgan fingerprint density at radius 3 is 2.50 bits per heavy atom. The summed E-state index contributed by atoms with van der Waals surface area (Å²) < 4.78 is 39.5. The van der Waals surface area contributed by atoms with Gasteiger partial charge in [-0.1, -0.05) is 33.6 Å². The molecule has 0 amide bonds. The van der Waals surface area contributed by atoms with Gasteiger partial charge in [0.2, 0.25) is 0 Å². The summed E-state index contributed by atoms with van der Waals surface area (Å²) in [4.78, 5) is 0. The zero-order valence-corrected chi connectivity index (χ0v) is 9.08. The third-order valence-corrected chi connectivity index (χ3v) is 2.35. The highest BCUT2D eigenvalue weighted by molar-refractivity contribution is 9.08. The summed E-state index contributed by atoms with van der Waals surface area (Å²) in [6, 6.07) is 4.12. The minimum absolute atomic E-state index is 0.206. The summed E-state index contributed by atoms with van der Waals surface area (Å²) in [5.41, 5.74) is 0.284. The second kappa shape index (κ2) is 4.40. The Hall–Kier alpha value is -0.420. The van der Waals surface area contributed by atoms with Crippen molar-refractivity contribution in [2.45, 2.75) is 11.7 Å². The standard InChI is InChI=1S/C8H5BrClF3O/c9-4-5-6(10)2-1-3-7(5)14-8(11,12)13/h1-3H,4H2. The number of halogens is 5. The Morgan fingerprint density at radius 1 is 1.36 bits per heavy atom. The molecule has 1 aromatic carbocycles. The normalized spacial score (nSPS) is 11.5. The topological polar surface area (TPSA) is 9.23 Å². The fraction of sp³-hybridized carbons (Fsp3) is 0.250. The molecule has 0 atom stereocenters. The Kier molecular flexibility index (Phi) is 3.66. The van der Waals surface area contributed by atoms with E-state index in [1.54, 1.807) is 0 Å². The third kappa shape index (κ3) is 3.06. The fourth-order valence-electron chi connectivity index (χ4n) is 0.889. The molecule has 0 spiro atoms. The van der Waals surface area contributed by atoms with Crippen LogP contribution in [0.1, 0.15) is 5.56 Å². The van der Waals surface area contributed by atoms with Crippen molar-refractivity contribution < 1.29 is 17.9 Å². The predicted octanol–water partition coefficient (Wildman–Crippen LogP) is 4.13. The van der Waals surface area contributed by atoms with E-state index in [-0.39, 0.29) is 21.7 Å². The van der Waals surface area contributed by atoms with Crippen LogP contribution in [0.2, 0.25) is 5.02 Å². The first kappa shape index (κ1) is 11.7. The molecule has 0 unspecified atom stereocenters. The Balaban J connectivity index is 3.02. The lowest BCUT2D eigenvalue weighted by Gasteiger charge is -2.12. The molecule has 0 aliphatic rings. The Labute approximate surface area is 91.9 Å². The van der Waals surface area contributed by atoms with Crippen LogP contribution in [-0.2, 0) is 5.33 Å². The monoisotopic (exact) mass is 288 g/mol. The molecule has 0 radical (unpaired) electrons. The maximum atomic E-state index is 11.9. The minimum Gasteiger partial charge on any atom is -0.405 e. The second-order valence-electron chi connectivity index (χ2n) is 2.40. The zero-order valence-electron chi connectivity index (χ0n) is 6.74. The van der Waals surface area contributed by atoms with Crippen LogP contribution in [0.4, 0.5) is 13.2 Å². The van der Waals surface area contributed by atoms with Gasteiger partial charge < -0.3 is 4.74 Å². The van der Waals surface area contributed by atoms with E-state index in [4.69, 9.17) is 11.6 Å². The molecule has 1 aromatic rings. The van der Waals surface area contributed by atoms with Crippen LogP contribution in [0.25, 0.3) is 0 Å². The molecule has 1 rings (SSSR count). The predicted molar refractivity (Wildman–Crippen MR) is 50.8 cm³/mol. The summed E-state index contributed by atoms with van der Waals surface area (Å²) in [5, 5.41) is 0.446. The van der Waals surface area contributed by atoms with Crippen molar-refractivity contribution in [2.24, 2.45) is 0 Å². The molecule has 0 aliphatic heterocycles. The van der Waals surface area contributed by atoms with Gasteiger partial charge >= 0.3 is 6.36 Å². The highest BCUT2D eigenvalue weighted by Crippen LogP contribution is 2.32. The van der Waals surface area contributed by atoms with Crippen LogP contribution in [0.3, 0.4) is 0 Å². The van der Waals surface area contributed by atoms with Gasteiger partial charge in [0.25, 0.3) is 0 Å². The number of benzene rings is 1.